The summed E-state index contributed by atoms with van der Waals surface area (Å²) in [6.07, 6.45) is -0.610. The standard InChI is InChI=1S/C14H16F3N3O/c1-2-20-9-11(8-19-20)7-18-12-3-5-13(6-4-12)21-10-14(15,16)17/h3-6,8-9,18H,2,7,10H2,1H3. The minimum Gasteiger partial charge on any atom is -0.484 e. The lowest BCUT2D eigenvalue weighted by Crippen LogP contribution is -2.19. The molecule has 0 spiro atoms. The van der Waals surface area contributed by atoms with E-state index in [2.05, 4.69) is 15.2 Å². The van der Waals surface area contributed by atoms with Crippen LogP contribution in [0, 0.1) is 0 Å². The highest BCUT2D eigenvalue weighted by atomic mass is 19.4. The SMILES string of the molecule is CCn1cc(CNc2ccc(OCC(F)(F)F)cc2)cn1. The van der Waals surface area contributed by atoms with E-state index < -0.39 is 12.8 Å². The first kappa shape index (κ1) is 15.2. The zero-order chi connectivity index (χ0) is 15.3. The van der Waals surface area contributed by atoms with Crippen LogP contribution in [0.2, 0.25) is 0 Å². The second-order valence-corrected chi connectivity index (χ2v) is 4.49. The topological polar surface area (TPSA) is 39.1 Å². The van der Waals surface area contributed by atoms with Crippen LogP contribution < -0.4 is 10.1 Å². The molecule has 1 aromatic carbocycles. The molecule has 0 aliphatic rings. The van der Waals surface area contributed by atoms with Gasteiger partial charge < -0.3 is 10.1 Å². The molecule has 0 bridgehead atoms. The Morgan fingerprint density at radius 2 is 1.95 bits per heavy atom. The fraction of sp³-hybridized carbons (Fsp3) is 0.357. The van der Waals surface area contributed by atoms with Gasteiger partial charge in [0.1, 0.15) is 5.75 Å². The summed E-state index contributed by atoms with van der Waals surface area (Å²) in [5.74, 6) is 0.191. The minimum absolute atomic E-state index is 0.191. The van der Waals surface area contributed by atoms with Gasteiger partial charge in [-0.05, 0) is 31.2 Å². The summed E-state index contributed by atoms with van der Waals surface area (Å²) >= 11 is 0. The lowest BCUT2D eigenvalue weighted by atomic mass is 10.3. The molecule has 1 N–H and O–H groups in total. The summed E-state index contributed by atoms with van der Waals surface area (Å²) in [7, 11) is 0. The van der Waals surface area contributed by atoms with Gasteiger partial charge in [-0.3, -0.25) is 4.68 Å². The van der Waals surface area contributed by atoms with Gasteiger partial charge in [-0.2, -0.15) is 18.3 Å². The molecule has 2 rings (SSSR count). The number of benzene rings is 1. The molecule has 0 aliphatic carbocycles. The number of rotatable bonds is 6. The van der Waals surface area contributed by atoms with E-state index in [1.807, 2.05) is 17.8 Å². The summed E-state index contributed by atoms with van der Waals surface area (Å²) in [5.41, 5.74) is 1.84. The van der Waals surface area contributed by atoms with Gasteiger partial charge in [-0.1, -0.05) is 0 Å². The monoisotopic (exact) mass is 299 g/mol. The number of nitrogens with zero attached hydrogens (tertiary/aromatic N) is 2. The highest BCUT2D eigenvalue weighted by Gasteiger charge is 2.28. The van der Waals surface area contributed by atoms with Crippen molar-refractivity contribution in [1.82, 2.24) is 9.78 Å². The second kappa shape index (κ2) is 6.51. The molecule has 0 saturated carbocycles. The average Bonchev–Trinajstić information content (AvgIpc) is 2.91. The lowest BCUT2D eigenvalue weighted by molar-refractivity contribution is -0.153. The lowest BCUT2D eigenvalue weighted by Gasteiger charge is -2.10. The second-order valence-electron chi connectivity index (χ2n) is 4.49. The van der Waals surface area contributed by atoms with Crippen LogP contribution in [0.1, 0.15) is 12.5 Å². The molecular formula is C14H16F3N3O. The summed E-state index contributed by atoms with van der Waals surface area (Å²) < 4.78 is 42.5. The maximum atomic E-state index is 12.0. The summed E-state index contributed by atoms with van der Waals surface area (Å²) in [6, 6.07) is 6.36. The molecule has 0 amide bonds. The quantitative estimate of drug-likeness (QED) is 0.888. The number of hydrogen-bond acceptors (Lipinski definition) is 3. The van der Waals surface area contributed by atoms with Crippen LogP contribution in [0.15, 0.2) is 36.7 Å². The molecule has 21 heavy (non-hydrogen) atoms. The van der Waals surface area contributed by atoms with Crippen molar-refractivity contribution in [3.05, 3.63) is 42.2 Å². The highest BCUT2D eigenvalue weighted by Crippen LogP contribution is 2.20. The van der Waals surface area contributed by atoms with Crippen molar-refractivity contribution in [1.29, 1.82) is 0 Å². The van der Waals surface area contributed by atoms with Gasteiger partial charge in [0.05, 0.1) is 6.20 Å². The zero-order valence-electron chi connectivity index (χ0n) is 11.5. The third-order valence-corrected chi connectivity index (χ3v) is 2.76. The molecule has 1 aromatic heterocycles. The minimum atomic E-state index is -4.32. The van der Waals surface area contributed by atoms with Crippen molar-refractivity contribution in [2.45, 2.75) is 26.2 Å². The molecule has 0 fully saturated rings. The summed E-state index contributed by atoms with van der Waals surface area (Å²) in [6.45, 7) is 2.13. The number of halogens is 3. The van der Waals surface area contributed by atoms with Crippen molar-refractivity contribution in [2.75, 3.05) is 11.9 Å². The number of alkyl halides is 3. The van der Waals surface area contributed by atoms with Crippen LogP contribution >= 0.6 is 0 Å². The highest BCUT2D eigenvalue weighted by molar-refractivity contribution is 5.46. The van der Waals surface area contributed by atoms with Gasteiger partial charge in [-0.25, -0.2) is 0 Å². The molecule has 0 saturated heterocycles. The molecule has 0 unspecified atom stereocenters. The van der Waals surface area contributed by atoms with E-state index >= 15 is 0 Å². The van der Waals surface area contributed by atoms with Gasteiger partial charge in [0.25, 0.3) is 0 Å². The van der Waals surface area contributed by atoms with Crippen molar-refractivity contribution in [3.63, 3.8) is 0 Å². The first-order valence-corrected chi connectivity index (χ1v) is 6.51. The number of nitrogens with one attached hydrogen (secondary N) is 1. The van der Waals surface area contributed by atoms with Gasteiger partial charge in [-0.15, -0.1) is 0 Å². The molecule has 0 radical (unpaired) electrons. The molecule has 4 nitrogen and oxygen atoms in total. The Hall–Kier alpha value is -2.18. The van der Waals surface area contributed by atoms with Crippen LogP contribution in [0.5, 0.6) is 5.75 Å². The van der Waals surface area contributed by atoms with Crippen LogP contribution in [0.25, 0.3) is 0 Å². The van der Waals surface area contributed by atoms with Gasteiger partial charge in [0.2, 0.25) is 0 Å². The van der Waals surface area contributed by atoms with Crippen LogP contribution in [-0.2, 0) is 13.1 Å². The Kier molecular flexibility index (Phi) is 4.72. The normalized spacial score (nSPS) is 11.4. The van der Waals surface area contributed by atoms with E-state index in [1.165, 1.54) is 12.1 Å². The van der Waals surface area contributed by atoms with E-state index in [0.717, 1.165) is 17.8 Å². The fourth-order valence-electron chi connectivity index (χ4n) is 1.71. The van der Waals surface area contributed by atoms with Crippen molar-refractivity contribution in [2.24, 2.45) is 0 Å². The smallest absolute Gasteiger partial charge is 0.422 e. The number of aryl methyl sites for hydroxylation is 1. The summed E-state index contributed by atoms with van der Waals surface area (Å²) in [5, 5.41) is 7.33. The van der Waals surface area contributed by atoms with Gasteiger partial charge >= 0.3 is 6.18 Å². The van der Waals surface area contributed by atoms with E-state index in [1.54, 1.807) is 18.3 Å². The van der Waals surface area contributed by atoms with Gasteiger partial charge in [0.15, 0.2) is 6.61 Å². The maximum Gasteiger partial charge on any atom is 0.422 e. The van der Waals surface area contributed by atoms with Gasteiger partial charge in [0, 0.05) is 30.5 Å². The van der Waals surface area contributed by atoms with Crippen molar-refractivity contribution >= 4 is 5.69 Å². The average molecular weight is 299 g/mol. The van der Waals surface area contributed by atoms with E-state index in [9.17, 15) is 13.2 Å². The Morgan fingerprint density at radius 3 is 2.52 bits per heavy atom. The molecular weight excluding hydrogens is 283 g/mol. The number of ether oxygens (including phenoxy) is 1. The number of aromatic nitrogens is 2. The summed E-state index contributed by atoms with van der Waals surface area (Å²) in [4.78, 5) is 0. The molecule has 0 aliphatic heterocycles. The predicted molar refractivity (Wildman–Crippen MR) is 73.2 cm³/mol. The molecule has 1 heterocycles. The third kappa shape index (κ3) is 5.02. The van der Waals surface area contributed by atoms with Crippen LogP contribution in [-0.4, -0.2) is 22.6 Å². The van der Waals surface area contributed by atoms with E-state index in [4.69, 9.17) is 0 Å². The van der Waals surface area contributed by atoms with Crippen molar-refractivity contribution in [3.8, 4) is 5.75 Å². The molecule has 2 aromatic rings. The first-order valence-electron chi connectivity index (χ1n) is 6.51. The van der Waals surface area contributed by atoms with E-state index in [-0.39, 0.29) is 5.75 Å². The van der Waals surface area contributed by atoms with Crippen LogP contribution in [0.4, 0.5) is 18.9 Å². The largest absolute Gasteiger partial charge is 0.484 e. The van der Waals surface area contributed by atoms with Crippen molar-refractivity contribution < 1.29 is 17.9 Å². The Bertz CT molecular complexity index is 564. The molecule has 114 valence electrons. The number of anilines is 1. The Morgan fingerprint density at radius 1 is 1.24 bits per heavy atom. The maximum absolute atomic E-state index is 12.0. The van der Waals surface area contributed by atoms with Crippen LogP contribution in [0.3, 0.4) is 0 Å². The fourth-order valence-corrected chi connectivity index (χ4v) is 1.71. The zero-order valence-corrected chi connectivity index (χ0v) is 11.5. The molecule has 0 atom stereocenters. The third-order valence-electron chi connectivity index (χ3n) is 2.76. The Balaban J connectivity index is 1.84. The number of hydrogen-bond donors (Lipinski definition) is 1. The predicted octanol–water partition coefficient (Wildman–Crippen LogP) is 3.46. The first-order chi connectivity index (χ1) is 9.96. The Labute approximate surface area is 120 Å². The molecule has 7 heteroatoms. The van der Waals surface area contributed by atoms with E-state index in [0.29, 0.717) is 6.54 Å².